The summed E-state index contributed by atoms with van der Waals surface area (Å²) in [5, 5.41) is 0. The van der Waals surface area contributed by atoms with Gasteiger partial charge in [-0.2, -0.15) is 0 Å². The first-order valence-electron chi connectivity index (χ1n) is 5.47. The minimum Gasteiger partial charge on any atom is -0.428 e. The zero-order valence-electron chi connectivity index (χ0n) is 8.81. The van der Waals surface area contributed by atoms with E-state index in [-0.39, 0.29) is 5.97 Å². The predicted octanol–water partition coefficient (Wildman–Crippen LogP) is 2.13. The molecule has 1 atom stereocenters. The van der Waals surface area contributed by atoms with E-state index >= 15 is 0 Å². The molecule has 0 aromatic heterocycles. The monoisotopic (exact) mass is 216 g/mol. The van der Waals surface area contributed by atoms with Gasteiger partial charge in [-0.25, -0.2) is 4.79 Å². The van der Waals surface area contributed by atoms with Gasteiger partial charge in [-0.05, 0) is 18.4 Å². The van der Waals surface area contributed by atoms with Crippen molar-refractivity contribution in [3.05, 3.63) is 41.5 Å². The van der Waals surface area contributed by atoms with E-state index in [0.29, 0.717) is 12.2 Å². The van der Waals surface area contributed by atoms with E-state index in [0.717, 1.165) is 24.0 Å². The molecule has 3 heteroatoms. The summed E-state index contributed by atoms with van der Waals surface area (Å²) in [7, 11) is 0. The van der Waals surface area contributed by atoms with Crippen LogP contribution in [-0.2, 0) is 14.3 Å². The number of benzene rings is 1. The van der Waals surface area contributed by atoms with Crippen LogP contribution in [-0.4, -0.2) is 18.9 Å². The van der Waals surface area contributed by atoms with Gasteiger partial charge in [-0.3, -0.25) is 0 Å². The molecular weight excluding hydrogens is 204 g/mol. The standard InChI is InChI=1S/C13H12O3/c14-12-11(9-5-2-1-3-6-9)10-7-4-8-15-13(10)16-12/h1-3,5-6,13H,4,7-8H2. The van der Waals surface area contributed by atoms with Crippen LogP contribution in [0, 0.1) is 0 Å². The zero-order valence-corrected chi connectivity index (χ0v) is 8.81. The molecule has 0 radical (unpaired) electrons. The molecule has 0 spiro atoms. The second-order valence-electron chi connectivity index (χ2n) is 3.98. The molecule has 1 saturated heterocycles. The predicted molar refractivity (Wildman–Crippen MR) is 58.4 cm³/mol. The highest BCUT2D eigenvalue weighted by Crippen LogP contribution is 2.36. The molecule has 0 bridgehead atoms. The molecule has 2 aliphatic heterocycles. The fraction of sp³-hybridized carbons (Fsp3) is 0.308. The van der Waals surface area contributed by atoms with Crippen LogP contribution < -0.4 is 0 Å². The number of esters is 1. The molecule has 1 aromatic carbocycles. The van der Waals surface area contributed by atoms with Crippen LogP contribution in [0.3, 0.4) is 0 Å². The van der Waals surface area contributed by atoms with Gasteiger partial charge in [0.25, 0.3) is 0 Å². The molecule has 2 aliphatic rings. The lowest BCUT2D eigenvalue weighted by Crippen LogP contribution is -2.21. The Labute approximate surface area is 93.7 Å². The second kappa shape index (κ2) is 3.76. The lowest BCUT2D eigenvalue weighted by Gasteiger charge is -2.19. The molecule has 82 valence electrons. The summed E-state index contributed by atoms with van der Waals surface area (Å²) < 4.78 is 10.6. The van der Waals surface area contributed by atoms with Crippen molar-refractivity contribution in [2.24, 2.45) is 0 Å². The first-order valence-corrected chi connectivity index (χ1v) is 5.47. The van der Waals surface area contributed by atoms with Crippen LogP contribution in [0.1, 0.15) is 18.4 Å². The Morgan fingerprint density at radius 3 is 2.81 bits per heavy atom. The van der Waals surface area contributed by atoms with Gasteiger partial charge in [-0.1, -0.05) is 30.3 Å². The van der Waals surface area contributed by atoms with Crippen LogP contribution in [0.15, 0.2) is 35.9 Å². The Balaban J connectivity index is 2.07. The van der Waals surface area contributed by atoms with Gasteiger partial charge in [0, 0.05) is 5.57 Å². The number of fused-ring (bicyclic) bond motifs is 1. The molecule has 1 unspecified atom stereocenters. The Morgan fingerprint density at radius 1 is 1.19 bits per heavy atom. The minimum absolute atomic E-state index is 0.256. The van der Waals surface area contributed by atoms with Crippen LogP contribution in [0.2, 0.25) is 0 Å². The van der Waals surface area contributed by atoms with Gasteiger partial charge >= 0.3 is 5.97 Å². The van der Waals surface area contributed by atoms with Crippen molar-refractivity contribution in [3.63, 3.8) is 0 Å². The number of hydrogen-bond acceptors (Lipinski definition) is 3. The van der Waals surface area contributed by atoms with Crippen molar-refractivity contribution in [1.29, 1.82) is 0 Å². The molecule has 3 rings (SSSR count). The number of carbonyl (C=O) groups is 1. The van der Waals surface area contributed by atoms with Gasteiger partial charge in [0.05, 0.1) is 12.2 Å². The third kappa shape index (κ3) is 1.44. The molecular formula is C13H12O3. The molecule has 0 amide bonds. The molecule has 0 saturated carbocycles. The van der Waals surface area contributed by atoms with E-state index in [1.807, 2.05) is 30.3 Å². The zero-order chi connectivity index (χ0) is 11.0. The van der Waals surface area contributed by atoms with Crippen LogP contribution in [0.4, 0.5) is 0 Å². The van der Waals surface area contributed by atoms with Crippen molar-refractivity contribution in [1.82, 2.24) is 0 Å². The molecule has 1 aromatic rings. The molecule has 2 heterocycles. The van der Waals surface area contributed by atoms with Gasteiger partial charge in [0.1, 0.15) is 0 Å². The van der Waals surface area contributed by atoms with Gasteiger partial charge in [0.2, 0.25) is 6.29 Å². The quantitative estimate of drug-likeness (QED) is 0.674. The smallest absolute Gasteiger partial charge is 0.341 e. The molecule has 3 nitrogen and oxygen atoms in total. The highest BCUT2D eigenvalue weighted by molar-refractivity contribution is 6.19. The number of hydrogen-bond donors (Lipinski definition) is 0. The fourth-order valence-electron chi connectivity index (χ4n) is 2.21. The third-order valence-electron chi connectivity index (χ3n) is 2.95. The largest absolute Gasteiger partial charge is 0.428 e. The Kier molecular flexibility index (Phi) is 2.26. The highest BCUT2D eigenvalue weighted by Gasteiger charge is 2.36. The van der Waals surface area contributed by atoms with E-state index in [9.17, 15) is 4.79 Å². The van der Waals surface area contributed by atoms with Gasteiger partial charge < -0.3 is 9.47 Å². The van der Waals surface area contributed by atoms with E-state index in [1.165, 1.54) is 0 Å². The lowest BCUT2D eigenvalue weighted by molar-refractivity contribution is -0.161. The fourth-order valence-corrected chi connectivity index (χ4v) is 2.21. The maximum Gasteiger partial charge on any atom is 0.341 e. The Bertz CT molecular complexity index is 448. The third-order valence-corrected chi connectivity index (χ3v) is 2.95. The number of ether oxygens (including phenoxy) is 2. The maximum atomic E-state index is 11.8. The van der Waals surface area contributed by atoms with Crippen LogP contribution in [0.25, 0.3) is 5.57 Å². The Hall–Kier alpha value is -1.61. The summed E-state index contributed by atoms with van der Waals surface area (Å²) >= 11 is 0. The molecule has 0 aliphatic carbocycles. The summed E-state index contributed by atoms with van der Waals surface area (Å²) in [4.78, 5) is 11.8. The second-order valence-corrected chi connectivity index (χ2v) is 3.98. The van der Waals surface area contributed by atoms with Gasteiger partial charge in [-0.15, -0.1) is 0 Å². The first kappa shape index (κ1) is 9.60. The number of carbonyl (C=O) groups excluding carboxylic acids is 1. The summed E-state index contributed by atoms with van der Waals surface area (Å²) in [5.41, 5.74) is 2.63. The topological polar surface area (TPSA) is 35.5 Å². The average Bonchev–Trinajstić information content (AvgIpc) is 2.66. The van der Waals surface area contributed by atoms with E-state index < -0.39 is 6.29 Å². The Morgan fingerprint density at radius 2 is 2.00 bits per heavy atom. The van der Waals surface area contributed by atoms with Crippen LogP contribution in [0.5, 0.6) is 0 Å². The molecule has 1 fully saturated rings. The lowest BCUT2D eigenvalue weighted by atomic mass is 9.97. The van der Waals surface area contributed by atoms with E-state index in [1.54, 1.807) is 0 Å². The minimum atomic E-state index is -0.434. The SMILES string of the molecule is O=C1OC2OCCCC2=C1c1ccccc1. The van der Waals surface area contributed by atoms with E-state index in [4.69, 9.17) is 9.47 Å². The van der Waals surface area contributed by atoms with Crippen molar-refractivity contribution in [2.75, 3.05) is 6.61 Å². The summed E-state index contributed by atoms with van der Waals surface area (Å²) in [6, 6.07) is 9.64. The van der Waals surface area contributed by atoms with Crippen molar-refractivity contribution >= 4 is 11.5 Å². The average molecular weight is 216 g/mol. The first-order chi connectivity index (χ1) is 7.86. The van der Waals surface area contributed by atoms with Crippen molar-refractivity contribution in [2.45, 2.75) is 19.1 Å². The molecule has 0 N–H and O–H groups in total. The number of rotatable bonds is 1. The molecule has 16 heavy (non-hydrogen) atoms. The van der Waals surface area contributed by atoms with Crippen molar-refractivity contribution in [3.8, 4) is 0 Å². The van der Waals surface area contributed by atoms with Gasteiger partial charge in [0.15, 0.2) is 0 Å². The summed E-state index contributed by atoms with van der Waals surface area (Å²) in [6.45, 7) is 0.670. The normalized spacial score (nSPS) is 24.2. The van der Waals surface area contributed by atoms with Crippen LogP contribution >= 0.6 is 0 Å². The summed E-state index contributed by atoms with van der Waals surface area (Å²) in [5.74, 6) is -0.256. The summed E-state index contributed by atoms with van der Waals surface area (Å²) in [6.07, 6.45) is 1.41. The maximum absolute atomic E-state index is 11.8. The van der Waals surface area contributed by atoms with Crippen molar-refractivity contribution < 1.29 is 14.3 Å². The van der Waals surface area contributed by atoms with E-state index in [2.05, 4.69) is 0 Å². The highest BCUT2D eigenvalue weighted by atomic mass is 16.7.